The van der Waals surface area contributed by atoms with Gasteiger partial charge in [-0.05, 0) is 48.9 Å². The third-order valence-corrected chi connectivity index (χ3v) is 4.17. The Morgan fingerprint density at radius 2 is 1.69 bits per heavy atom. The highest BCUT2D eigenvalue weighted by Crippen LogP contribution is 2.23. The molecule has 0 saturated heterocycles. The summed E-state index contributed by atoms with van der Waals surface area (Å²) in [5.74, 6) is -0.337. The van der Waals surface area contributed by atoms with Crippen molar-refractivity contribution >= 4 is 27.3 Å². The molecular formula is C18H18N4O3S. The summed E-state index contributed by atoms with van der Waals surface area (Å²) in [4.78, 5) is 12.5. The van der Waals surface area contributed by atoms with E-state index in [0.717, 1.165) is 17.5 Å². The number of carbonyl (C=O) groups excluding carboxylic acids is 1. The molecule has 134 valence electrons. The first kappa shape index (κ1) is 17.7. The second kappa shape index (κ2) is 7.01. The van der Waals surface area contributed by atoms with Crippen LogP contribution in [0.4, 0.5) is 11.4 Å². The van der Waals surface area contributed by atoms with E-state index in [2.05, 4.69) is 15.1 Å². The van der Waals surface area contributed by atoms with Crippen LogP contribution >= 0.6 is 0 Å². The Morgan fingerprint density at radius 3 is 2.27 bits per heavy atom. The Balaban J connectivity index is 1.78. The lowest BCUT2D eigenvalue weighted by Gasteiger charge is -2.12. The number of hydrogen-bond acceptors (Lipinski definition) is 4. The highest BCUT2D eigenvalue weighted by molar-refractivity contribution is 7.92. The summed E-state index contributed by atoms with van der Waals surface area (Å²) >= 11 is 0. The predicted octanol–water partition coefficient (Wildman–Crippen LogP) is 2.80. The zero-order valence-corrected chi connectivity index (χ0v) is 15.1. The van der Waals surface area contributed by atoms with Crippen LogP contribution in [-0.2, 0) is 10.0 Å². The number of para-hydroxylation sites is 2. The number of sulfonamides is 1. The van der Waals surface area contributed by atoms with Crippen LogP contribution in [0.3, 0.4) is 0 Å². The number of nitrogens with zero attached hydrogens (tertiary/aromatic N) is 2. The zero-order chi connectivity index (χ0) is 18.7. The van der Waals surface area contributed by atoms with E-state index < -0.39 is 10.0 Å². The summed E-state index contributed by atoms with van der Waals surface area (Å²) < 4.78 is 27.0. The van der Waals surface area contributed by atoms with Crippen molar-refractivity contribution in [2.75, 3.05) is 16.3 Å². The second-order valence-corrected chi connectivity index (χ2v) is 7.63. The molecule has 0 fully saturated rings. The van der Waals surface area contributed by atoms with Gasteiger partial charge in [-0.3, -0.25) is 9.52 Å². The Bertz CT molecular complexity index is 1040. The summed E-state index contributed by atoms with van der Waals surface area (Å²) in [6, 6.07) is 13.6. The van der Waals surface area contributed by atoms with Crippen LogP contribution in [0.15, 0.2) is 60.9 Å². The van der Waals surface area contributed by atoms with E-state index in [-0.39, 0.29) is 5.91 Å². The van der Waals surface area contributed by atoms with Gasteiger partial charge in [0.2, 0.25) is 10.0 Å². The van der Waals surface area contributed by atoms with Crippen LogP contribution < -0.4 is 10.0 Å². The molecule has 1 heterocycles. The molecule has 26 heavy (non-hydrogen) atoms. The first-order valence-corrected chi connectivity index (χ1v) is 9.71. The molecule has 0 atom stereocenters. The first-order valence-electron chi connectivity index (χ1n) is 7.82. The lowest BCUT2D eigenvalue weighted by Crippen LogP contribution is -2.16. The Hall–Kier alpha value is -3.13. The van der Waals surface area contributed by atoms with Gasteiger partial charge in [-0.2, -0.15) is 5.10 Å². The van der Waals surface area contributed by atoms with Gasteiger partial charge in [0, 0.05) is 11.8 Å². The molecule has 3 aromatic rings. The lowest BCUT2D eigenvalue weighted by atomic mass is 10.2. The molecule has 2 N–H and O–H groups in total. The van der Waals surface area contributed by atoms with Gasteiger partial charge in [0.15, 0.2) is 0 Å². The molecule has 0 aliphatic carbocycles. The molecule has 1 amide bonds. The van der Waals surface area contributed by atoms with Crippen molar-refractivity contribution in [3.8, 4) is 5.69 Å². The van der Waals surface area contributed by atoms with E-state index in [9.17, 15) is 13.2 Å². The topological polar surface area (TPSA) is 93.1 Å². The van der Waals surface area contributed by atoms with Crippen molar-refractivity contribution in [3.05, 3.63) is 72.1 Å². The van der Waals surface area contributed by atoms with Crippen molar-refractivity contribution in [3.63, 3.8) is 0 Å². The minimum atomic E-state index is -3.45. The fraction of sp³-hybridized carbons (Fsp3) is 0.111. The van der Waals surface area contributed by atoms with E-state index in [1.807, 2.05) is 13.1 Å². The Morgan fingerprint density at radius 1 is 1.04 bits per heavy atom. The van der Waals surface area contributed by atoms with Gasteiger partial charge in [-0.15, -0.1) is 0 Å². The van der Waals surface area contributed by atoms with Crippen LogP contribution in [-0.4, -0.2) is 30.4 Å². The van der Waals surface area contributed by atoms with Gasteiger partial charge in [-0.1, -0.05) is 12.1 Å². The molecule has 1 aromatic heterocycles. The van der Waals surface area contributed by atoms with Crippen LogP contribution in [0.5, 0.6) is 0 Å². The summed E-state index contributed by atoms with van der Waals surface area (Å²) in [5, 5.41) is 6.95. The van der Waals surface area contributed by atoms with E-state index in [1.165, 1.54) is 0 Å². The predicted molar refractivity (Wildman–Crippen MR) is 101 cm³/mol. The lowest BCUT2D eigenvalue weighted by molar-refractivity contribution is 0.102. The van der Waals surface area contributed by atoms with Gasteiger partial charge in [-0.25, -0.2) is 13.1 Å². The molecular weight excluding hydrogens is 352 g/mol. The maximum atomic E-state index is 12.5. The van der Waals surface area contributed by atoms with Crippen molar-refractivity contribution in [2.45, 2.75) is 6.92 Å². The molecule has 3 rings (SSSR count). The number of aryl methyl sites for hydroxylation is 1. The Labute approximate surface area is 151 Å². The van der Waals surface area contributed by atoms with E-state index in [0.29, 0.717) is 16.9 Å². The van der Waals surface area contributed by atoms with Crippen molar-refractivity contribution < 1.29 is 13.2 Å². The molecule has 0 aliphatic rings. The average molecular weight is 370 g/mol. The molecule has 8 heteroatoms. The summed E-state index contributed by atoms with van der Waals surface area (Å²) in [6.07, 6.45) is 4.70. The number of nitrogens with one attached hydrogen (secondary N) is 2. The number of benzene rings is 2. The molecule has 0 bridgehead atoms. The maximum Gasteiger partial charge on any atom is 0.255 e. The standard InChI is InChI=1S/C18H18N4O3S/c1-13-11-19-22(12-13)15-9-7-14(8-10-15)18(23)20-16-5-3-4-6-17(16)21-26(2,24)25/h3-12,21H,1-2H3,(H,20,23). The SMILES string of the molecule is Cc1cnn(-c2ccc(C(=O)Nc3ccccc3NS(C)(=O)=O)cc2)c1. The Kier molecular flexibility index (Phi) is 4.77. The maximum absolute atomic E-state index is 12.5. The van der Waals surface area contributed by atoms with Crippen LogP contribution in [0.25, 0.3) is 5.69 Å². The quantitative estimate of drug-likeness (QED) is 0.722. The highest BCUT2D eigenvalue weighted by atomic mass is 32.2. The summed E-state index contributed by atoms with van der Waals surface area (Å²) in [6.45, 7) is 1.95. The van der Waals surface area contributed by atoms with E-state index >= 15 is 0 Å². The molecule has 0 saturated carbocycles. The number of hydrogen-bond donors (Lipinski definition) is 2. The largest absolute Gasteiger partial charge is 0.320 e. The second-order valence-electron chi connectivity index (χ2n) is 5.88. The number of carbonyl (C=O) groups is 1. The fourth-order valence-corrected chi connectivity index (χ4v) is 2.97. The fourth-order valence-electron chi connectivity index (χ4n) is 2.39. The van der Waals surface area contributed by atoms with Crippen molar-refractivity contribution in [1.29, 1.82) is 0 Å². The van der Waals surface area contributed by atoms with Gasteiger partial charge < -0.3 is 5.32 Å². The van der Waals surface area contributed by atoms with Gasteiger partial charge >= 0.3 is 0 Å². The number of rotatable bonds is 5. The normalized spacial score (nSPS) is 11.2. The smallest absolute Gasteiger partial charge is 0.255 e. The molecule has 0 aliphatic heterocycles. The minimum Gasteiger partial charge on any atom is -0.320 e. The van der Waals surface area contributed by atoms with Gasteiger partial charge in [0.1, 0.15) is 0 Å². The highest BCUT2D eigenvalue weighted by Gasteiger charge is 2.11. The summed E-state index contributed by atoms with van der Waals surface area (Å²) in [7, 11) is -3.45. The van der Waals surface area contributed by atoms with E-state index in [1.54, 1.807) is 59.4 Å². The van der Waals surface area contributed by atoms with Crippen molar-refractivity contribution in [1.82, 2.24) is 9.78 Å². The summed E-state index contributed by atoms with van der Waals surface area (Å²) in [5.41, 5.74) is 3.03. The number of anilines is 2. The molecule has 0 spiro atoms. The van der Waals surface area contributed by atoms with Crippen molar-refractivity contribution in [2.24, 2.45) is 0 Å². The van der Waals surface area contributed by atoms with E-state index in [4.69, 9.17) is 0 Å². The zero-order valence-electron chi connectivity index (χ0n) is 14.3. The molecule has 7 nitrogen and oxygen atoms in total. The van der Waals surface area contributed by atoms with Crippen LogP contribution in [0, 0.1) is 6.92 Å². The number of amides is 1. The molecule has 2 aromatic carbocycles. The third-order valence-electron chi connectivity index (χ3n) is 3.58. The first-order chi connectivity index (χ1) is 12.3. The van der Waals surface area contributed by atoms with Crippen LogP contribution in [0.2, 0.25) is 0 Å². The minimum absolute atomic E-state index is 0.312. The monoisotopic (exact) mass is 370 g/mol. The van der Waals surface area contributed by atoms with Crippen LogP contribution in [0.1, 0.15) is 15.9 Å². The average Bonchev–Trinajstić information content (AvgIpc) is 3.02. The van der Waals surface area contributed by atoms with Gasteiger partial charge in [0.25, 0.3) is 5.91 Å². The number of aromatic nitrogens is 2. The third kappa shape index (κ3) is 4.28. The molecule has 0 radical (unpaired) electrons. The van der Waals surface area contributed by atoms with Gasteiger partial charge in [0.05, 0.1) is 29.5 Å². The molecule has 0 unspecified atom stereocenters.